The van der Waals surface area contributed by atoms with Gasteiger partial charge in [0.15, 0.2) is 6.61 Å². The fourth-order valence-electron chi connectivity index (χ4n) is 5.08. The average Bonchev–Trinajstić information content (AvgIpc) is 2.99. The van der Waals surface area contributed by atoms with E-state index in [1.54, 1.807) is 18.2 Å². The molecule has 0 heterocycles. The molecule has 0 aliphatic heterocycles. The first-order chi connectivity index (χ1) is 20.3. The van der Waals surface area contributed by atoms with E-state index in [9.17, 15) is 19.7 Å². The number of carbonyl (C=O) groups is 2. The van der Waals surface area contributed by atoms with E-state index in [0.717, 1.165) is 37.7 Å². The molecule has 0 radical (unpaired) electrons. The number of nitro benzene ring substituents is 1. The van der Waals surface area contributed by atoms with E-state index in [0.29, 0.717) is 15.6 Å². The van der Waals surface area contributed by atoms with Crippen LogP contribution in [0.15, 0.2) is 66.7 Å². The largest absolute Gasteiger partial charge is 0.490 e. The van der Waals surface area contributed by atoms with Crippen molar-refractivity contribution in [2.75, 3.05) is 13.7 Å². The fourth-order valence-corrected chi connectivity index (χ4v) is 5.60. The van der Waals surface area contributed by atoms with Crippen molar-refractivity contribution < 1.29 is 24.0 Å². The van der Waals surface area contributed by atoms with Gasteiger partial charge in [-0.25, -0.2) is 0 Å². The quantitative estimate of drug-likeness (QED) is 0.187. The normalized spacial score (nSPS) is 14.1. The highest BCUT2D eigenvalue weighted by molar-refractivity contribution is 6.36. The molecule has 0 bridgehead atoms. The first-order valence-corrected chi connectivity index (χ1v) is 14.5. The second-order valence-electron chi connectivity index (χ2n) is 10.2. The maximum absolute atomic E-state index is 13.9. The smallest absolute Gasteiger partial charge is 0.311 e. The average molecular weight is 615 g/mol. The zero-order valence-electron chi connectivity index (χ0n) is 23.3. The SMILES string of the molecule is COc1cc(OCC(=O)N(Cc2c(Cl)cccc2Cl)[C@@H](Cc2ccccc2)C(=O)NC2CCCCC2)ccc1[N+](=O)[O-]. The van der Waals surface area contributed by atoms with Crippen LogP contribution in [0.1, 0.15) is 43.2 Å². The van der Waals surface area contributed by atoms with Crippen molar-refractivity contribution in [1.82, 2.24) is 10.2 Å². The minimum Gasteiger partial charge on any atom is -0.490 e. The van der Waals surface area contributed by atoms with Crippen molar-refractivity contribution in [3.63, 3.8) is 0 Å². The second kappa shape index (κ2) is 14.9. The molecule has 9 nitrogen and oxygen atoms in total. The molecule has 1 atom stereocenters. The Balaban J connectivity index is 1.65. The Morgan fingerprint density at radius 1 is 1.02 bits per heavy atom. The molecule has 3 aromatic rings. The van der Waals surface area contributed by atoms with Gasteiger partial charge in [0.2, 0.25) is 11.7 Å². The Kier molecular flexibility index (Phi) is 11.0. The second-order valence-corrected chi connectivity index (χ2v) is 11.0. The maximum Gasteiger partial charge on any atom is 0.311 e. The summed E-state index contributed by atoms with van der Waals surface area (Å²) in [5.41, 5.74) is 1.16. The fraction of sp³-hybridized carbons (Fsp3) is 0.355. The summed E-state index contributed by atoms with van der Waals surface area (Å²) in [5.74, 6) is -0.548. The van der Waals surface area contributed by atoms with Crippen molar-refractivity contribution >= 4 is 40.7 Å². The standard InChI is InChI=1S/C31H33Cl2N3O6/c1-41-29-18-23(15-16-27(29)36(39)40)42-20-30(37)35(19-24-25(32)13-8-14-26(24)33)28(17-21-9-4-2-5-10-21)31(38)34-22-11-6-3-7-12-22/h2,4-5,8-10,13-16,18,22,28H,3,6-7,11-12,17,19-20H2,1H3,(H,34,38)/t28-/m0/s1. The Hall–Kier alpha value is -3.82. The van der Waals surface area contributed by atoms with Crippen LogP contribution in [0.2, 0.25) is 10.0 Å². The van der Waals surface area contributed by atoms with E-state index in [1.807, 2.05) is 30.3 Å². The summed E-state index contributed by atoms with van der Waals surface area (Å²) in [5, 5.41) is 15.2. The summed E-state index contributed by atoms with van der Waals surface area (Å²) in [4.78, 5) is 39.9. The van der Waals surface area contributed by atoms with Crippen LogP contribution in [-0.4, -0.2) is 47.4 Å². The Morgan fingerprint density at radius 3 is 2.36 bits per heavy atom. The van der Waals surface area contributed by atoms with Crippen LogP contribution < -0.4 is 14.8 Å². The summed E-state index contributed by atoms with van der Waals surface area (Å²) >= 11 is 13.0. The van der Waals surface area contributed by atoms with Gasteiger partial charge in [0, 0.05) is 46.7 Å². The van der Waals surface area contributed by atoms with Crippen LogP contribution in [0.3, 0.4) is 0 Å². The number of hydrogen-bond acceptors (Lipinski definition) is 6. The summed E-state index contributed by atoms with van der Waals surface area (Å²) in [6.07, 6.45) is 5.26. The molecular weight excluding hydrogens is 581 g/mol. The van der Waals surface area contributed by atoms with E-state index >= 15 is 0 Å². The van der Waals surface area contributed by atoms with Gasteiger partial charge in [0.25, 0.3) is 5.91 Å². The van der Waals surface area contributed by atoms with Crippen molar-refractivity contribution in [3.8, 4) is 11.5 Å². The van der Waals surface area contributed by atoms with Gasteiger partial charge in [-0.3, -0.25) is 19.7 Å². The highest BCUT2D eigenvalue weighted by Gasteiger charge is 2.33. The van der Waals surface area contributed by atoms with Crippen LogP contribution in [0.25, 0.3) is 0 Å². The van der Waals surface area contributed by atoms with Crippen LogP contribution in [-0.2, 0) is 22.6 Å². The van der Waals surface area contributed by atoms with Gasteiger partial charge in [-0.15, -0.1) is 0 Å². The van der Waals surface area contributed by atoms with E-state index in [-0.39, 0.29) is 42.1 Å². The summed E-state index contributed by atoms with van der Waals surface area (Å²) in [6, 6.07) is 17.7. The molecule has 1 fully saturated rings. The Labute approximate surface area is 254 Å². The molecule has 4 rings (SSSR count). The summed E-state index contributed by atoms with van der Waals surface area (Å²) in [6.45, 7) is -0.467. The number of nitrogens with zero attached hydrogens (tertiary/aromatic N) is 2. The summed E-state index contributed by atoms with van der Waals surface area (Å²) < 4.78 is 10.9. The highest BCUT2D eigenvalue weighted by Crippen LogP contribution is 2.31. The van der Waals surface area contributed by atoms with Crippen molar-refractivity contribution in [2.45, 2.75) is 57.2 Å². The predicted molar refractivity (Wildman–Crippen MR) is 161 cm³/mol. The lowest BCUT2D eigenvalue weighted by Crippen LogP contribution is -2.53. The van der Waals surface area contributed by atoms with Crippen molar-refractivity contribution in [2.24, 2.45) is 0 Å². The number of benzene rings is 3. The number of halogens is 2. The number of nitrogens with one attached hydrogen (secondary N) is 1. The molecule has 0 unspecified atom stereocenters. The number of methoxy groups -OCH3 is 1. The number of nitro groups is 1. The predicted octanol–water partition coefficient (Wildman–Crippen LogP) is 6.38. The molecule has 1 saturated carbocycles. The summed E-state index contributed by atoms with van der Waals surface area (Å²) in [7, 11) is 1.31. The minimum absolute atomic E-state index is 0.00142. The third-order valence-electron chi connectivity index (χ3n) is 7.32. The monoisotopic (exact) mass is 613 g/mol. The molecule has 42 heavy (non-hydrogen) atoms. The van der Waals surface area contributed by atoms with Crippen LogP contribution in [0.4, 0.5) is 5.69 Å². The number of carbonyl (C=O) groups excluding carboxylic acids is 2. The van der Waals surface area contributed by atoms with E-state index in [4.69, 9.17) is 32.7 Å². The third-order valence-corrected chi connectivity index (χ3v) is 8.03. The maximum atomic E-state index is 13.9. The van der Waals surface area contributed by atoms with Crippen LogP contribution >= 0.6 is 23.2 Å². The number of ether oxygens (including phenoxy) is 2. The molecule has 1 aliphatic rings. The molecule has 0 aromatic heterocycles. The number of amides is 2. The number of rotatable bonds is 12. The molecule has 1 N–H and O–H groups in total. The van der Waals surface area contributed by atoms with Gasteiger partial charge in [0.1, 0.15) is 11.8 Å². The molecule has 222 valence electrons. The van der Waals surface area contributed by atoms with Gasteiger partial charge in [-0.1, -0.05) is 78.9 Å². The minimum atomic E-state index is -0.885. The Morgan fingerprint density at radius 2 is 1.71 bits per heavy atom. The van der Waals surface area contributed by atoms with E-state index in [1.165, 1.54) is 30.2 Å². The van der Waals surface area contributed by atoms with Gasteiger partial charge in [-0.2, -0.15) is 0 Å². The lowest BCUT2D eigenvalue weighted by atomic mass is 9.94. The molecule has 0 spiro atoms. The van der Waals surface area contributed by atoms with Crippen LogP contribution in [0.5, 0.6) is 11.5 Å². The lowest BCUT2D eigenvalue weighted by Gasteiger charge is -2.33. The highest BCUT2D eigenvalue weighted by atomic mass is 35.5. The molecule has 3 aromatic carbocycles. The lowest BCUT2D eigenvalue weighted by molar-refractivity contribution is -0.385. The first-order valence-electron chi connectivity index (χ1n) is 13.8. The third kappa shape index (κ3) is 8.14. The molecule has 0 saturated heterocycles. The zero-order chi connectivity index (χ0) is 30.1. The van der Waals surface area contributed by atoms with Gasteiger partial charge < -0.3 is 19.7 Å². The van der Waals surface area contributed by atoms with Gasteiger partial charge in [-0.05, 0) is 36.6 Å². The molecule has 2 amide bonds. The van der Waals surface area contributed by atoms with E-state index < -0.39 is 23.5 Å². The first kappa shape index (κ1) is 31.1. The topological polar surface area (TPSA) is 111 Å². The van der Waals surface area contributed by atoms with Crippen LogP contribution in [0, 0.1) is 10.1 Å². The molecule has 1 aliphatic carbocycles. The van der Waals surface area contributed by atoms with Crippen molar-refractivity contribution in [1.29, 1.82) is 0 Å². The number of hydrogen-bond donors (Lipinski definition) is 1. The molecular formula is C31H33Cl2N3O6. The van der Waals surface area contributed by atoms with Gasteiger partial charge >= 0.3 is 5.69 Å². The zero-order valence-corrected chi connectivity index (χ0v) is 24.8. The van der Waals surface area contributed by atoms with Crippen molar-refractivity contribution in [3.05, 3.63) is 98.0 Å². The molecule has 11 heteroatoms. The van der Waals surface area contributed by atoms with E-state index in [2.05, 4.69) is 5.32 Å². The van der Waals surface area contributed by atoms with Gasteiger partial charge in [0.05, 0.1) is 12.0 Å². The Bertz CT molecular complexity index is 1380.